The lowest BCUT2D eigenvalue weighted by atomic mass is 9.87. The minimum absolute atomic E-state index is 0.0521. The number of carbonyl (C=O) groups excluding carboxylic acids is 1. The van der Waals surface area contributed by atoms with Crippen LogP contribution in [0.25, 0.3) is 0 Å². The van der Waals surface area contributed by atoms with Crippen LogP contribution < -0.4 is 5.32 Å². The first-order valence-electron chi connectivity index (χ1n) is 9.73. The maximum absolute atomic E-state index is 12.8. The zero-order valence-electron chi connectivity index (χ0n) is 17.4. The normalized spacial score (nSPS) is 16.5. The lowest BCUT2D eigenvalue weighted by molar-refractivity contribution is 0.214. The first-order chi connectivity index (χ1) is 13.6. The summed E-state index contributed by atoms with van der Waals surface area (Å²) in [6.45, 7) is 7.90. The number of amides is 2. The summed E-state index contributed by atoms with van der Waals surface area (Å²) in [6.07, 6.45) is 3.42. The van der Waals surface area contributed by atoms with Crippen LogP contribution >= 0.6 is 0 Å². The SMILES string of the molecule is Cn1cc(S(=O)(=O)N2CCCN(C(=O)Nc3ccc(C(C)(C)C)cc3)CC2)cn1. The van der Waals surface area contributed by atoms with Crippen LogP contribution in [-0.2, 0) is 22.5 Å². The van der Waals surface area contributed by atoms with Crippen molar-refractivity contribution in [3.63, 3.8) is 0 Å². The van der Waals surface area contributed by atoms with Gasteiger partial charge < -0.3 is 10.2 Å². The fraction of sp³-hybridized carbons (Fsp3) is 0.500. The van der Waals surface area contributed by atoms with Crippen LogP contribution in [0.1, 0.15) is 32.8 Å². The first-order valence-corrected chi connectivity index (χ1v) is 11.2. The molecule has 29 heavy (non-hydrogen) atoms. The van der Waals surface area contributed by atoms with Crippen molar-refractivity contribution in [3.8, 4) is 0 Å². The molecule has 1 fully saturated rings. The third kappa shape index (κ3) is 4.97. The Hall–Kier alpha value is -2.39. The largest absolute Gasteiger partial charge is 0.323 e. The molecule has 1 aliphatic heterocycles. The van der Waals surface area contributed by atoms with Crippen molar-refractivity contribution < 1.29 is 13.2 Å². The highest BCUT2D eigenvalue weighted by Crippen LogP contribution is 2.24. The molecule has 1 N–H and O–H groups in total. The molecule has 0 saturated carbocycles. The monoisotopic (exact) mass is 419 g/mol. The van der Waals surface area contributed by atoms with E-state index in [2.05, 4.69) is 31.2 Å². The molecule has 2 amide bonds. The standard InChI is InChI=1S/C20H29N5O3S/c1-20(2,3)16-6-8-17(9-7-16)22-19(26)24-10-5-11-25(13-12-24)29(27,28)18-14-21-23(4)15-18/h6-9,14-15H,5,10-13H2,1-4H3,(H,22,26). The van der Waals surface area contributed by atoms with E-state index in [0.717, 1.165) is 5.69 Å². The molecule has 8 nitrogen and oxygen atoms in total. The predicted octanol–water partition coefficient (Wildman–Crippen LogP) is 2.65. The Balaban J connectivity index is 1.62. The van der Waals surface area contributed by atoms with Gasteiger partial charge in [-0.25, -0.2) is 13.2 Å². The third-order valence-electron chi connectivity index (χ3n) is 5.06. The molecule has 0 unspecified atom stereocenters. The number of sulfonamides is 1. The number of hydrogen-bond acceptors (Lipinski definition) is 4. The molecule has 2 aromatic rings. The smallest absolute Gasteiger partial charge is 0.321 e. The number of hydrogen-bond donors (Lipinski definition) is 1. The number of aryl methyl sites for hydroxylation is 1. The van der Waals surface area contributed by atoms with Crippen LogP contribution in [0.15, 0.2) is 41.6 Å². The fourth-order valence-corrected chi connectivity index (χ4v) is 4.73. The van der Waals surface area contributed by atoms with E-state index in [1.54, 1.807) is 11.9 Å². The van der Waals surface area contributed by atoms with Crippen molar-refractivity contribution in [2.45, 2.75) is 37.5 Å². The molecule has 1 saturated heterocycles. The molecule has 0 aliphatic carbocycles. The number of aromatic nitrogens is 2. The summed E-state index contributed by atoms with van der Waals surface area (Å²) < 4.78 is 28.5. The van der Waals surface area contributed by atoms with Gasteiger partial charge in [0, 0.05) is 45.1 Å². The van der Waals surface area contributed by atoms with E-state index in [0.29, 0.717) is 26.1 Å². The predicted molar refractivity (Wildman–Crippen MR) is 112 cm³/mol. The number of anilines is 1. The number of carbonyl (C=O) groups is 1. The fourth-order valence-electron chi connectivity index (χ4n) is 3.27. The molecule has 0 atom stereocenters. The number of nitrogens with one attached hydrogen (secondary N) is 1. The minimum Gasteiger partial charge on any atom is -0.323 e. The highest BCUT2D eigenvalue weighted by atomic mass is 32.2. The summed E-state index contributed by atoms with van der Waals surface area (Å²) in [5, 5.41) is 6.86. The molecule has 158 valence electrons. The van der Waals surface area contributed by atoms with Crippen LogP contribution in [0, 0.1) is 0 Å². The molecule has 0 spiro atoms. The molecule has 0 bridgehead atoms. The Morgan fingerprint density at radius 1 is 1.07 bits per heavy atom. The van der Waals surface area contributed by atoms with E-state index >= 15 is 0 Å². The molecule has 2 heterocycles. The van der Waals surface area contributed by atoms with Gasteiger partial charge in [-0.3, -0.25) is 4.68 Å². The van der Waals surface area contributed by atoms with Crippen LogP contribution in [0.2, 0.25) is 0 Å². The van der Waals surface area contributed by atoms with Crippen molar-refractivity contribution in [2.75, 3.05) is 31.5 Å². The van der Waals surface area contributed by atoms with Gasteiger partial charge in [0.2, 0.25) is 10.0 Å². The summed E-state index contributed by atoms with van der Waals surface area (Å²) in [7, 11) is -1.92. The van der Waals surface area contributed by atoms with Crippen LogP contribution in [0.5, 0.6) is 0 Å². The van der Waals surface area contributed by atoms with E-state index in [1.165, 1.54) is 26.9 Å². The van der Waals surface area contributed by atoms with E-state index in [1.807, 2.05) is 24.3 Å². The maximum Gasteiger partial charge on any atom is 0.321 e. The first kappa shape index (κ1) is 21.3. The number of urea groups is 1. The highest BCUT2D eigenvalue weighted by Gasteiger charge is 2.29. The van der Waals surface area contributed by atoms with Gasteiger partial charge in [-0.05, 0) is 29.5 Å². The average molecular weight is 420 g/mol. The lowest BCUT2D eigenvalue weighted by Gasteiger charge is -2.22. The second-order valence-electron chi connectivity index (χ2n) is 8.35. The summed E-state index contributed by atoms with van der Waals surface area (Å²) in [5.41, 5.74) is 1.98. The quantitative estimate of drug-likeness (QED) is 0.828. The van der Waals surface area contributed by atoms with Crippen LogP contribution in [0.4, 0.5) is 10.5 Å². The third-order valence-corrected chi connectivity index (χ3v) is 6.91. The van der Waals surface area contributed by atoms with Crippen LogP contribution in [0.3, 0.4) is 0 Å². The average Bonchev–Trinajstić information content (AvgIpc) is 2.94. The highest BCUT2D eigenvalue weighted by molar-refractivity contribution is 7.89. The van der Waals surface area contributed by atoms with Gasteiger partial charge in [0.05, 0.1) is 6.20 Å². The molecule has 1 aromatic carbocycles. The zero-order chi connectivity index (χ0) is 21.2. The van der Waals surface area contributed by atoms with E-state index in [4.69, 9.17) is 0 Å². The Kier molecular flexibility index (Phi) is 6.00. The second kappa shape index (κ2) is 8.16. The van der Waals surface area contributed by atoms with Gasteiger partial charge >= 0.3 is 6.03 Å². The van der Waals surface area contributed by atoms with Crippen molar-refractivity contribution in [3.05, 3.63) is 42.2 Å². The summed E-state index contributed by atoms with van der Waals surface area (Å²) >= 11 is 0. The van der Waals surface area contributed by atoms with Crippen molar-refractivity contribution in [2.24, 2.45) is 7.05 Å². The Labute approximate surface area is 172 Å². The number of benzene rings is 1. The van der Waals surface area contributed by atoms with E-state index < -0.39 is 10.0 Å². The molecule has 0 radical (unpaired) electrons. The molecular weight excluding hydrogens is 390 g/mol. The summed E-state index contributed by atoms with van der Waals surface area (Å²) in [6, 6.07) is 7.61. The minimum atomic E-state index is -3.60. The van der Waals surface area contributed by atoms with E-state index in [-0.39, 0.29) is 22.9 Å². The maximum atomic E-state index is 12.8. The summed E-state index contributed by atoms with van der Waals surface area (Å²) in [4.78, 5) is 14.5. The molecular formula is C20H29N5O3S. The number of nitrogens with zero attached hydrogens (tertiary/aromatic N) is 4. The molecule has 1 aromatic heterocycles. The Bertz CT molecular complexity index is 961. The Morgan fingerprint density at radius 3 is 2.34 bits per heavy atom. The van der Waals surface area contributed by atoms with Crippen molar-refractivity contribution >= 4 is 21.7 Å². The van der Waals surface area contributed by atoms with Gasteiger partial charge in [-0.15, -0.1) is 0 Å². The van der Waals surface area contributed by atoms with Gasteiger partial charge in [-0.1, -0.05) is 32.9 Å². The summed E-state index contributed by atoms with van der Waals surface area (Å²) in [5.74, 6) is 0. The molecule has 1 aliphatic rings. The van der Waals surface area contributed by atoms with Crippen molar-refractivity contribution in [1.29, 1.82) is 0 Å². The van der Waals surface area contributed by atoms with Gasteiger partial charge in [-0.2, -0.15) is 9.40 Å². The van der Waals surface area contributed by atoms with Gasteiger partial charge in [0.25, 0.3) is 0 Å². The van der Waals surface area contributed by atoms with Crippen LogP contribution in [-0.4, -0.2) is 59.6 Å². The van der Waals surface area contributed by atoms with Gasteiger partial charge in [0.15, 0.2) is 0 Å². The zero-order valence-corrected chi connectivity index (χ0v) is 18.2. The number of rotatable bonds is 3. The molecule has 3 rings (SSSR count). The topological polar surface area (TPSA) is 87.5 Å². The van der Waals surface area contributed by atoms with Gasteiger partial charge in [0.1, 0.15) is 4.90 Å². The van der Waals surface area contributed by atoms with Crippen molar-refractivity contribution in [1.82, 2.24) is 19.0 Å². The lowest BCUT2D eigenvalue weighted by Crippen LogP contribution is -2.39. The molecule has 9 heteroatoms. The van der Waals surface area contributed by atoms with E-state index in [9.17, 15) is 13.2 Å². The second-order valence-corrected chi connectivity index (χ2v) is 10.3. The Morgan fingerprint density at radius 2 is 1.76 bits per heavy atom.